The summed E-state index contributed by atoms with van der Waals surface area (Å²) in [7, 11) is 0. The zero-order valence-corrected chi connectivity index (χ0v) is 28.4. The van der Waals surface area contributed by atoms with E-state index in [9.17, 15) is 19.2 Å². The summed E-state index contributed by atoms with van der Waals surface area (Å²) < 4.78 is 11.5. The molecule has 49 heavy (non-hydrogen) atoms. The predicted octanol–water partition coefficient (Wildman–Crippen LogP) is 8.07. The van der Waals surface area contributed by atoms with Gasteiger partial charge in [0.1, 0.15) is 11.5 Å². The van der Waals surface area contributed by atoms with Gasteiger partial charge in [-0.1, -0.05) is 36.4 Å². The van der Waals surface area contributed by atoms with Gasteiger partial charge in [0.25, 0.3) is 0 Å². The van der Waals surface area contributed by atoms with Gasteiger partial charge in [-0.25, -0.2) is 9.59 Å². The minimum absolute atomic E-state index is 0.305. The fourth-order valence-corrected chi connectivity index (χ4v) is 5.19. The maximum absolute atomic E-state index is 12.9. The molecular weight excluding hydrogens is 616 g/mol. The third-order valence-corrected chi connectivity index (χ3v) is 7.92. The smallest absolute Gasteiger partial charge is 0.343 e. The Labute approximate surface area is 288 Å². The first-order valence-electron chi connectivity index (χ1n) is 16.5. The molecule has 0 unspecified atom stereocenters. The minimum Gasteiger partial charge on any atom is -0.422 e. The number of ether oxygens (including phenoxy) is 2. The van der Waals surface area contributed by atoms with E-state index in [0.29, 0.717) is 33.8 Å². The van der Waals surface area contributed by atoms with Crippen molar-refractivity contribution in [2.75, 3.05) is 36.0 Å². The van der Waals surface area contributed by atoms with Gasteiger partial charge >= 0.3 is 11.9 Å². The molecule has 4 aromatic rings. The Morgan fingerprint density at radius 3 is 1.24 bits per heavy atom. The highest BCUT2D eigenvalue weighted by atomic mass is 16.5. The zero-order chi connectivity index (χ0) is 35.2. The number of anilines is 2. The fraction of sp³-hybridized carbons (Fsp3) is 0.220. The molecule has 8 nitrogen and oxygen atoms in total. The van der Waals surface area contributed by atoms with Crippen molar-refractivity contribution in [1.29, 1.82) is 0 Å². The summed E-state index contributed by atoms with van der Waals surface area (Å²) in [5, 5.41) is 0. The molecular formula is C41H42N2O6. The molecule has 0 atom stereocenters. The zero-order valence-electron chi connectivity index (χ0n) is 28.4. The number of rotatable bonds is 16. The van der Waals surface area contributed by atoms with Crippen LogP contribution in [0, 0.1) is 0 Å². The minimum atomic E-state index is -0.516. The quantitative estimate of drug-likeness (QED) is 0.0517. The number of carbonyl (C=O) groups is 4. The van der Waals surface area contributed by atoms with Gasteiger partial charge in [-0.2, -0.15) is 0 Å². The second-order valence-electron chi connectivity index (χ2n) is 11.1. The van der Waals surface area contributed by atoms with Crippen LogP contribution in [0.3, 0.4) is 0 Å². The van der Waals surface area contributed by atoms with Crippen LogP contribution in [0.2, 0.25) is 0 Å². The maximum atomic E-state index is 12.9. The van der Waals surface area contributed by atoms with Crippen molar-refractivity contribution in [3.63, 3.8) is 0 Å². The second kappa shape index (κ2) is 18.0. The van der Waals surface area contributed by atoms with E-state index in [-0.39, 0.29) is 6.42 Å². The maximum Gasteiger partial charge on any atom is 0.343 e. The highest BCUT2D eigenvalue weighted by Gasteiger charge is 2.16. The van der Waals surface area contributed by atoms with Crippen molar-refractivity contribution in [3.8, 4) is 11.5 Å². The Bertz CT molecular complexity index is 1670. The van der Waals surface area contributed by atoms with E-state index in [1.54, 1.807) is 84.9 Å². The lowest BCUT2D eigenvalue weighted by molar-refractivity contribution is -0.121. The van der Waals surface area contributed by atoms with Crippen LogP contribution in [0.4, 0.5) is 11.4 Å². The van der Waals surface area contributed by atoms with Gasteiger partial charge in [0, 0.05) is 60.8 Å². The molecule has 4 aromatic carbocycles. The normalized spacial score (nSPS) is 11.0. The highest BCUT2D eigenvalue weighted by molar-refractivity contribution is 6.11. The Balaban J connectivity index is 1.50. The summed E-state index contributed by atoms with van der Waals surface area (Å²) in [6.45, 7) is 11.2. The average molecular weight is 659 g/mol. The molecule has 0 heterocycles. The lowest BCUT2D eigenvalue weighted by atomic mass is 10.1. The van der Waals surface area contributed by atoms with Crippen molar-refractivity contribution in [2.45, 2.75) is 34.1 Å². The van der Waals surface area contributed by atoms with Crippen molar-refractivity contribution < 1.29 is 28.7 Å². The van der Waals surface area contributed by atoms with E-state index < -0.39 is 23.5 Å². The highest BCUT2D eigenvalue weighted by Crippen LogP contribution is 2.29. The van der Waals surface area contributed by atoms with Crippen LogP contribution in [0.15, 0.2) is 109 Å². The summed E-state index contributed by atoms with van der Waals surface area (Å²) in [4.78, 5) is 55.8. The lowest BCUT2D eigenvalue weighted by Crippen LogP contribution is -2.22. The molecule has 0 spiro atoms. The molecule has 0 amide bonds. The molecule has 0 saturated carbocycles. The van der Waals surface area contributed by atoms with Crippen LogP contribution >= 0.6 is 0 Å². The van der Waals surface area contributed by atoms with Crippen molar-refractivity contribution >= 4 is 47.0 Å². The van der Waals surface area contributed by atoms with Gasteiger partial charge in [0.15, 0.2) is 11.6 Å². The van der Waals surface area contributed by atoms with Crippen LogP contribution in [0.1, 0.15) is 66.0 Å². The van der Waals surface area contributed by atoms with Crippen LogP contribution in [-0.2, 0) is 9.59 Å². The molecule has 4 rings (SSSR count). The summed E-state index contributed by atoms with van der Waals surface area (Å²) in [5.74, 6) is -1.26. The number of ketones is 2. The first kappa shape index (κ1) is 36.1. The predicted molar refractivity (Wildman–Crippen MR) is 196 cm³/mol. The summed E-state index contributed by atoms with van der Waals surface area (Å²) in [5.41, 5.74) is 3.61. The molecule has 0 fully saturated rings. The number of esters is 2. The van der Waals surface area contributed by atoms with Gasteiger partial charge in [-0.3, -0.25) is 9.59 Å². The molecule has 252 valence electrons. The van der Waals surface area contributed by atoms with Gasteiger partial charge in [0.05, 0.1) is 17.5 Å². The number of hydrogen-bond donors (Lipinski definition) is 0. The Morgan fingerprint density at radius 1 is 0.531 bits per heavy atom. The molecule has 0 aliphatic carbocycles. The van der Waals surface area contributed by atoms with Gasteiger partial charge in [-0.05, 0) is 101 Å². The van der Waals surface area contributed by atoms with Crippen LogP contribution in [0.5, 0.6) is 11.5 Å². The largest absolute Gasteiger partial charge is 0.422 e. The van der Waals surface area contributed by atoms with Gasteiger partial charge < -0.3 is 19.3 Å². The van der Waals surface area contributed by atoms with Crippen LogP contribution in [-0.4, -0.2) is 49.7 Å². The number of carbonyl (C=O) groups excluding carboxylic acids is 4. The summed E-state index contributed by atoms with van der Waals surface area (Å²) >= 11 is 0. The number of allylic oxidation sites excluding steroid dienone is 2. The van der Waals surface area contributed by atoms with E-state index in [1.807, 2.05) is 52.0 Å². The monoisotopic (exact) mass is 658 g/mol. The first-order chi connectivity index (χ1) is 23.8. The van der Waals surface area contributed by atoms with E-state index >= 15 is 0 Å². The Morgan fingerprint density at radius 2 is 0.898 bits per heavy atom. The molecule has 0 aromatic heterocycles. The van der Waals surface area contributed by atoms with Crippen molar-refractivity contribution in [2.24, 2.45) is 0 Å². The lowest BCUT2D eigenvalue weighted by Gasteiger charge is -2.22. The summed E-state index contributed by atoms with van der Waals surface area (Å²) in [6.07, 6.45) is 5.34. The third kappa shape index (κ3) is 10.1. The molecule has 8 heteroatoms. The molecule has 0 bridgehead atoms. The topological polar surface area (TPSA) is 93.2 Å². The average Bonchev–Trinajstić information content (AvgIpc) is 3.12. The molecule has 0 saturated heterocycles. The number of nitrogens with zero attached hydrogens (tertiary/aromatic N) is 2. The van der Waals surface area contributed by atoms with Crippen molar-refractivity contribution in [1.82, 2.24) is 0 Å². The third-order valence-electron chi connectivity index (χ3n) is 7.92. The summed E-state index contributed by atoms with van der Waals surface area (Å²) in [6, 6.07) is 28.3. The molecule has 0 aliphatic rings. The van der Waals surface area contributed by atoms with E-state index in [2.05, 4.69) is 9.80 Å². The Hall–Kier alpha value is -5.76. The standard InChI is InChI=1S/C41H42N2O6/c1-5-42(6-2)34-23-19-30(38(27-34)48-40(46)32-15-11-9-12-16-32)21-25-36(44)29-37(45)26-22-31-20-24-35(43(7-3)8-4)28-39(31)49-41(47)33-17-13-10-14-18-33/h9-28H,5-8,29H2,1-4H3/b25-21+,26-22+. The van der Waals surface area contributed by atoms with Crippen molar-refractivity contribution in [3.05, 3.63) is 131 Å². The number of hydrogen-bond acceptors (Lipinski definition) is 8. The van der Waals surface area contributed by atoms with E-state index in [4.69, 9.17) is 9.47 Å². The first-order valence-corrected chi connectivity index (χ1v) is 16.5. The molecule has 0 radical (unpaired) electrons. The molecule has 0 N–H and O–H groups in total. The number of benzene rings is 4. The van der Waals surface area contributed by atoms with Gasteiger partial charge in [-0.15, -0.1) is 0 Å². The molecule has 0 aliphatic heterocycles. The fourth-order valence-electron chi connectivity index (χ4n) is 5.19. The van der Waals surface area contributed by atoms with Crippen LogP contribution < -0.4 is 19.3 Å². The Kier molecular flexibility index (Phi) is 13.2. The SMILES string of the molecule is CCN(CC)c1ccc(/C=C/C(=O)CC(=O)/C=C/c2ccc(N(CC)CC)cc2OC(=O)c2ccccc2)c(OC(=O)c2ccccc2)c1. The van der Waals surface area contributed by atoms with Gasteiger partial charge in [0.2, 0.25) is 0 Å². The van der Waals surface area contributed by atoms with Crippen LogP contribution in [0.25, 0.3) is 12.2 Å². The van der Waals surface area contributed by atoms with E-state index in [0.717, 1.165) is 37.6 Å². The second-order valence-corrected chi connectivity index (χ2v) is 11.1. The van der Waals surface area contributed by atoms with E-state index in [1.165, 1.54) is 12.2 Å².